The van der Waals surface area contributed by atoms with Crippen molar-refractivity contribution >= 4 is 6.08 Å². The lowest BCUT2D eigenvalue weighted by Crippen LogP contribution is -2.19. The molecule has 1 aliphatic carbocycles. The molecule has 0 radical (unpaired) electrons. The van der Waals surface area contributed by atoms with Crippen molar-refractivity contribution < 1.29 is 22.0 Å². The monoisotopic (exact) mass is 526 g/mol. The van der Waals surface area contributed by atoms with E-state index in [9.17, 15) is 17.6 Å². The van der Waals surface area contributed by atoms with Crippen molar-refractivity contribution in [3.8, 4) is 22.3 Å². The highest BCUT2D eigenvalue weighted by molar-refractivity contribution is 5.73. The Kier molecular flexibility index (Phi) is 8.74. The van der Waals surface area contributed by atoms with Crippen molar-refractivity contribution in [3.63, 3.8) is 0 Å². The van der Waals surface area contributed by atoms with Gasteiger partial charge in [0.1, 0.15) is 11.6 Å². The SMILES string of the molecule is CCCC(C)C1CCC(c2ccc(-c3ccc(-c4cc(C)c(/C=C/C(F)(F)F)c(F)c4)cc3)c(F)c2)CC1. The van der Waals surface area contributed by atoms with Crippen LogP contribution in [0.5, 0.6) is 0 Å². The van der Waals surface area contributed by atoms with Crippen molar-refractivity contribution in [1.29, 1.82) is 0 Å². The zero-order valence-corrected chi connectivity index (χ0v) is 22.2. The molecule has 1 unspecified atom stereocenters. The van der Waals surface area contributed by atoms with Crippen LogP contribution in [0.15, 0.2) is 60.7 Å². The van der Waals surface area contributed by atoms with Gasteiger partial charge in [0.25, 0.3) is 0 Å². The van der Waals surface area contributed by atoms with E-state index in [0.717, 1.165) is 41.9 Å². The maximum absolute atomic E-state index is 15.2. The van der Waals surface area contributed by atoms with Crippen molar-refractivity contribution in [3.05, 3.63) is 89.0 Å². The van der Waals surface area contributed by atoms with Crippen LogP contribution in [-0.2, 0) is 0 Å². The predicted molar refractivity (Wildman–Crippen MR) is 146 cm³/mol. The molecule has 0 aromatic heterocycles. The van der Waals surface area contributed by atoms with Gasteiger partial charge in [-0.3, -0.25) is 0 Å². The number of benzene rings is 3. The molecular weight excluding hydrogens is 491 g/mol. The minimum atomic E-state index is -4.51. The molecule has 1 saturated carbocycles. The van der Waals surface area contributed by atoms with E-state index >= 15 is 4.39 Å². The Balaban J connectivity index is 1.47. The van der Waals surface area contributed by atoms with Gasteiger partial charge in [0.2, 0.25) is 0 Å². The normalized spacial score (nSPS) is 19.2. The van der Waals surface area contributed by atoms with Crippen LogP contribution in [0.3, 0.4) is 0 Å². The molecule has 3 aromatic carbocycles. The second-order valence-corrected chi connectivity index (χ2v) is 10.8. The molecule has 0 N–H and O–H groups in total. The number of hydrogen-bond acceptors (Lipinski definition) is 0. The third-order valence-electron chi connectivity index (χ3n) is 8.09. The molecule has 5 heteroatoms. The van der Waals surface area contributed by atoms with Crippen LogP contribution < -0.4 is 0 Å². The quantitative estimate of drug-likeness (QED) is 0.269. The zero-order chi connectivity index (χ0) is 27.4. The third kappa shape index (κ3) is 6.73. The molecule has 0 spiro atoms. The van der Waals surface area contributed by atoms with Crippen LogP contribution in [0.4, 0.5) is 22.0 Å². The lowest BCUT2D eigenvalue weighted by Gasteiger charge is -2.32. The van der Waals surface area contributed by atoms with E-state index in [0.29, 0.717) is 28.2 Å². The molecule has 1 aliphatic rings. The van der Waals surface area contributed by atoms with Crippen molar-refractivity contribution in [2.24, 2.45) is 11.8 Å². The van der Waals surface area contributed by atoms with E-state index in [2.05, 4.69) is 13.8 Å². The van der Waals surface area contributed by atoms with Crippen LogP contribution in [0.2, 0.25) is 0 Å². The van der Waals surface area contributed by atoms with Gasteiger partial charge < -0.3 is 0 Å². The minimum absolute atomic E-state index is 0.0335. The van der Waals surface area contributed by atoms with E-state index in [1.807, 2.05) is 12.1 Å². The van der Waals surface area contributed by atoms with E-state index in [1.54, 1.807) is 43.3 Å². The zero-order valence-electron chi connectivity index (χ0n) is 22.2. The fraction of sp³-hybridized carbons (Fsp3) is 0.394. The summed E-state index contributed by atoms with van der Waals surface area (Å²) in [6, 6.07) is 15.6. The number of hydrogen-bond donors (Lipinski definition) is 0. The van der Waals surface area contributed by atoms with Crippen molar-refractivity contribution in [2.75, 3.05) is 0 Å². The topological polar surface area (TPSA) is 0 Å². The first kappa shape index (κ1) is 28.1. The second-order valence-electron chi connectivity index (χ2n) is 10.8. The van der Waals surface area contributed by atoms with Gasteiger partial charge in [0, 0.05) is 17.2 Å². The molecule has 202 valence electrons. The molecule has 1 atom stereocenters. The molecule has 4 rings (SSSR count). The summed E-state index contributed by atoms with van der Waals surface area (Å²) in [7, 11) is 0. The summed E-state index contributed by atoms with van der Waals surface area (Å²) in [4.78, 5) is 0. The van der Waals surface area contributed by atoms with Crippen LogP contribution in [0, 0.1) is 30.4 Å². The first-order valence-corrected chi connectivity index (χ1v) is 13.5. The Bertz CT molecular complexity index is 1240. The van der Waals surface area contributed by atoms with Crippen LogP contribution in [0.1, 0.15) is 75.0 Å². The molecule has 0 amide bonds. The Hall–Kier alpha value is -2.95. The standard InChI is InChI=1S/C33H35F5/c1-4-5-21(2)23-6-8-24(9-7-23)27-14-15-30(32(35)19-27)26-12-10-25(11-13-26)28-18-22(3)29(31(34)20-28)16-17-33(36,37)38/h10-21,23-24H,4-9H2,1-3H3/b17-16+. The highest BCUT2D eigenvalue weighted by atomic mass is 19.4. The Morgan fingerprint density at radius 3 is 2.08 bits per heavy atom. The van der Waals surface area contributed by atoms with Crippen LogP contribution >= 0.6 is 0 Å². The number of rotatable bonds is 7. The average molecular weight is 527 g/mol. The van der Waals surface area contributed by atoms with Gasteiger partial charge in [-0.2, -0.15) is 13.2 Å². The number of halogens is 5. The molecular formula is C33H35F5. The minimum Gasteiger partial charge on any atom is -0.206 e. The van der Waals surface area contributed by atoms with Crippen LogP contribution in [0.25, 0.3) is 28.3 Å². The lowest BCUT2D eigenvalue weighted by molar-refractivity contribution is -0.0790. The summed E-state index contributed by atoms with van der Waals surface area (Å²) in [5.74, 6) is 0.962. The summed E-state index contributed by atoms with van der Waals surface area (Å²) >= 11 is 0. The lowest BCUT2D eigenvalue weighted by atomic mass is 9.73. The van der Waals surface area contributed by atoms with E-state index in [1.165, 1.54) is 31.7 Å². The summed E-state index contributed by atoms with van der Waals surface area (Å²) < 4.78 is 67.3. The summed E-state index contributed by atoms with van der Waals surface area (Å²) in [5, 5.41) is 0. The number of aryl methyl sites for hydroxylation is 1. The van der Waals surface area contributed by atoms with Crippen LogP contribution in [-0.4, -0.2) is 6.18 Å². The first-order valence-electron chi connectivity index (χ1n) is 13.5. The van der Waals surface area contributed by atoms with E-state index < -0.39 is 12.0 Å². The molecule has 0 saturated heterocycles. The Labute approximate surface area is 222 Å². The van der Waals surface area contributed by atoms with Gasteiger partial charge in [-0.25, -0.2) is 8.78 Å². The van der Waals surface area contributed by atoms with Gasteiger partial charge in [-0.1, -0.05) is 69.2 Å². The molecule has 38 heavy (non-hydrogen) atoms. The smallest absolute Gasteiger partial charge is 0.206 e. The fourth-order valence-electron chi connectivity index (χ4n) is 5.89. The van der Waals surface area contributed by atoms with Crippen molar-refractivity contribution in [1.82, 2.24) is 0 Å². The maximum atomic E-state index is 15.2. The number of allylic oxidation sites excluding steroid dienone is 1. The van der Waals surface area contributed by atoms with E-state index in [-0.39, 0.29) is 17.5 Å². The summed E-state index contributed by atoms with van der Waals surface area (Å²) in [6.45, 7) is 6.17. The summed E-state index contributed by atoms with van der Waals surface area (Å²) in [5.41, 5.74) is 3.87. The van der Waals surface area contributed by atoms with Gasteiger partial charge >= 0.3 is 6.18 Å². The van der Waals surface area contributed by atoms with E-state index in [4.69, 9.17) is 0 Å². The first-order chi connectivity index (χ1) is 18.1. The van der Waals surface area contributed by atoms with Gasteiger partial charge in [0.05, 0.1) is 0 Å². The molecule has 0 nitrogen and oxygen atoms in total. The largest absolute Gasteiger partial charge is 0.409 e. The average Bonchev–Trinajstić information content (AvgIpc) is 2.88. The molecule has 0 heterocycles. The Morgan fingerprint density at radius 2 is 1.50 bits per heavy atom. The second kappa shape index (κ2) is 11.8. The highest BCUT2D eigenvalue weighted by Gasteiger charge is 2.26. The third-order valence-corrected chi connectivity index (χ3v) is 8.09. The highest BCUT2D eigenvalue weighted by Crippen LogP contribution is 2.41. The molecule has 1 fully saturated rings. The van der Waals surface area contributed by atoms with Gasteiger partial charge in [0.15, 0.2) is 0 Å². The summed E-state index contributed by atoms with van der Waals surface area (Å²) in [6.07, 6.45) is 3.39. The van der Waals surface area contributed by atoms with Crippen molar-refractivity contribution in [2.45, 2.75) is 71.4 Å². The van der Waals surface area contributed by atoms with Gasteiger partial charge in [-0.05, 0) is 96.4 Å². The van der Waals surface area contributed by atoms with Gasteiger partial charge in [-0.15, -0.1) is 0 Å². The predicted octanol–water partition coefficient (Wildman–Crippen LogP) is 10.9. The molecule has 3 aromatic rings. The maximum Gasteiger partial charge on any atom is 0.409 e. The number of alkyl halides is 3. The molecule has 0 bridgehead atoms. The molecule has 0 aliphatic heterocycles. The Morgan fingerprint density at radius 1 is 0.842 bits per heavy atom. The fourth-order valence-corrected chi connectivity index (χ4v) is 5.89.